The highest BCUT2D eigenvalue weighted by atomic mass is 35.6. The number of halogens is 3. The number of nitrogens with one attached hydrogen (secondary N) is 1. The van der Waals surface area contributed by atoms with Crippen LogP contribution in [-0.2, 0) is 27.4 Å². The van der Waals surface area contributed by atoms with Crippen molar-refractivity contribution < 1.29 is 19.4 Å². The number of likely N-dealkylation sites (tertiary alicyclic amines) is 1. The second-order valence-electron chi connectivity index (χ2n) is 14.5. The number of hydrogen-bond donors (Lipinski definition) is 2. The lowest BCUT2D eigenvalue weighted by Gasteiger charge is -2.41. The summed E-state index contributed by atoms with van der Waals surface area (Å²) in [6, 6.07) is 24.8. The first-order chi connectivity index (χ1) is 21.8. The Morgan fingerprint density at radius 3 is 2.37 bits per heavy atom. The van der Waals surface area contributed by atoms with Gasteiger partial charge in [-0.15, -0.1) is 0 Å². The highest BCUT2D eigenvalue weighted by molar-refractivity contribution is 6.76. The fraction of sp³-hybridized carbons (Fsp3) is 0.486. The fourth-order valence-electron chi connectivity index (χ4n) is 8.09. The van der Waals surface area contributed by atoms with Gasteiger partial charge in [0.2, 0.25) is 0 Å². The molecule has 3 aromatic rings. The van der Waals surface area contributed by atoms with E-state index in [0.29, 0.717) is 16.9 Å². The SMILES string of the molecule is CC1(C)CC2CC(C)(CN2CC2CC(c3ccc(CO)cc3)OC(c3cccc(-c4cccc(CNC(=O)C(Cl)(Cl)Cl)c4)c3)O2)C1. The Labute approximate surface area is 287 Å². The Morgan fingerprint density at radius 1 is 0.935 bits per heavy atom. The molecule has 2 bridgehead atoms. The van der Waals surface area contributed by atoms with Gasteiger partial charge in [-0.3, -0.25) is 9.69 Å². The number of aliphatic hydroxyl groups is 1. The van der Waals surface area contributed by atoms with Crippen molar-refractivity contribution in [2.24, 2.45) is 10.8 Å². The molecule has 246 valence electrons. The third kappa shape index (κ3) is 7.92. The van der Waals surface area contributed by atoms with Gasteiger partial charge in [0.25, 0.3) is 9.70 Å². The normalized spacial score (nSPS) is 27.8. The first-order valence-electron chi connectivity index (χ1n) is 16.1. The molecule has 5 atom stereocenters. The van der Waals surface area contributed by atoms with Crippen LogP contribution in [0.3, 0.4) is 0 Å². The van der Waals surface area contributed by atoms with Crippen LogP contribution >= 0.6 is 34.8 Å². The maximum Gasteiger partial charge on any atom is 0.272 e. The topological polar surface area (TPSA) is 71.0 Å². The molecule has 3 aliphatic rings. The van der Waals surface area contributed by atoms with E-state index < -0.39 is 16.0 Å². The number of amides is 1. The van der Waals surface area contributed by atoms with Crippen molar-refractivity contribution in [2.45, 2.75) is 87.9 Å². The monoisotopic (exact) mass is 684 g/mol. The molecule has 1 saturated carbocycles. The van der Waals surface area contributed by atoms with Crippen LogP contribution in [0.4, 0.5) is 0 Å². The Hall–Kier alpha value is -2.16. The lowest BCUT2D eigenvalue weighted by molar-refractivity contribution is -0.253. The molecule has 6 rings (SSSR count). The second kappa shape index (κ2) is 13.4. The van der Waals surface area contributed by atoms with E-state index >= 15 is 0 Å². The van der Waals surface area contributed by atoms with Gasteiger partial charge in [0.05, 0.1) is 18.8 Å². The number of carbonyl (C=O) groups excluding carboxylic acids is 1. The Balaban J connectivity index is 1.23. The lowest BCUT2D eigenvalue weighted by atomic mass is 9.65. The molecule has 2 saturated heterocycles. The predicted molar refractivity (Wildman–Crippen MR) is 184 cm³/mol. The third-order valence-corrected chi connectivity index (χ3v) is 10.2. The summed E-state index contributed by atoms with van der Waals surface area (Å²) in [4.78, 5) is 14.7. The van der Waals surface area contributed by atoms with E-state index in [1.54, 1.807) is 0 Å². The molecule has 1 amide bonds. The van der Waals surface area contributed by atoms with Crippen molar-refractivity contribution in [3.05, 3.63) is 95.1 Å². The average Bonchev–Trinajstić information content (AvgIpc) is 3.26. The molecule has 1 aliphatic carbocycles. The predicted octanol–water partition coefficient (Wildman–Crippen LogP) is 8.28. The number of fused-ring (bicyclic) bond motifs is 2. The Morgan fingerprint density at radius 2 is 1.65 bits per heavy atom. The quantitative estimate of drug-likeness (QED) is 0.234. The minimum absolute atomic E-state index is 0.000782. The molecule has 9 heteroatoms. The van der Waals surface area contributed by atoms with E-state index in [4.69, 9.17) is 44.3 Å². The molecule has 2 N–H and O–H groups in total. The molecule has 0 aromatic heterocycles. The first-order valence-corrected chi connectivity index (χ1v) is 17.2. The number of benzene rings is 3. The van der Waals surface area contributed by atoms with Crippen LogP contribution in [0.1, 0.15) is 81.1 Å². The summed E-state index contributed by atoms with van der Waals surface area (Å²) in [5.74, 6) is -0.665. The zero-order chi connectivity index (χ0) is 32.7. The zero-order valence-electron chi connectivity index (χ0n) is 26.6. The molecular weight excluding hydrogens is 643 g/mol. The fourth-order valence-corrected chi connectivity index (χ4v) is 8.29. The van der Waals surface area contributed by atoms with E-state index in [9.17, 15) is 9.90 Å². The number of ether oxygens (including phenoxy) is 2. The molecule has 0 spiro atoms. The summed E-state index contributed by atoms with van der Waals surface area (Å²) in [6.45, 7) is 9.52. The van der Waals surface area contributed by atoms with E-state index in [-0.39, 0.29) is 25.4 Å². The number of hydrogen-bond acceptors (Lipinski definition) is 5. The van der Waals surface area contributed by atoms with Gasteiger partial charge < -0.3 is 19.9 Å². The van der Waals surface area contributed by atoms with Crippen LogP contribution in [0.5, 0.6) is 0 Å². The number of nitrogens with zero attached hydrogens (tertiary/aromatic N) is 1. The van der Waals surface area contributed by atoms with Crippen molar-refractivity contribution in [1.82, 2.24) is 10.2 Å². The van der Waals surface area contributed by atoms with Crippen molar-refractivity contribution >= 4 is 40.7 Å². The van der Waals surface area contributed by atoms with Gasteiger partial charge in [-0.1, -0.05) is 116 Å². The van der Waals surface area contributed by atoms with Crippen LogP contribution in [0.2, 0.25) is 0 Å². The van der Waals surface area contributed by atoms with Crippen molar-refractivity contribution in [3.8, 4) is 11.1 Å². The van der Waals surface area contributed by atoms with Gasteiger partial charge in [0, 0.05) is 37.7 Å². The summed E-state index contributed by atoms with van der Waals surface area (Å²) >= 11 is 17.1. The van der Waals surface area contributed by atoms with Crippen molar-refractivity contribution in [2.75, 3.05) is 13.1 Å². The van der Waals surface area contributed by atoms with E-state index in [0.717, 1.165) is 52.9 Å². The summed E-state index contributed by atoms with van der Waals surface area (Å²) < 4.78 is 11.5. The van der Waals surface area contributed by atoms with Crippen molar-refractivity contribution in [1.29, 1.82) is 0 Å². The Bertz CT molecular complexity index is 1540. The minimum Gasteiger partial charge on any atom is -0.392 e. The smallest absolute Gasteiger partial charge is 0.272 e. The highest BCUT2D eigenvalue weighted by Crippen LogP contribution is 2.53. The maximum atomic E-state index is 12.1. The molecule has 2 aliphatic heterocycles. The number of aliphatic hydroxyl groups excluding tert-OH is 1. The molecule has 3 aromatic carbocycles. The summed E-state index contributed by atoms with van der Waals surface area (Å²) in [5, 5.41) is 12.3. The standard InChI is InChI=1S/C37H43Cl3N2O4/c1-35(2)17-30-18-36(3,22-35)23-42(30)20-31-16-32(26-12-10-24(21-43)11-13-26)46-33(45-31)29-9-5-8-28(15-29)27-7-4-6-25(14-27)19-41-34(44)37(38,39)40/h4-15,30-33,43H,16-23H2,1-3H3,(H,41,44). The Kier molecular flexibility index (Phi) is 9.82. The summed E-state index contributed by atoms with van der Waals surface area (Å²) in [7, 11) is 0. The van der Waals surface area contributed by atoms with Gasteiger partial charge >= 0.3 is 0 Å². The van der Waals surface area contributed by atoms with Gasteiger partial charge in [-0.2, -0.15) is 0 Å². The number of carbonyl (C=O) groups is 1. The largest absolute Gasteiger partial charge is 0.392 e. The average molecular weight is 686 g/mol. The van der Waals surface area contributed by atoms with Gasteiger partial charge in [-0.05, 0) is 70.0 Å². The number of alkyl halides is 3. The molecule has 3 fully saturated rings. The van der Waals surface area contributed by atoms with E-state index in [1.807, 2.05) is 42.5 Å². The lowest BCUT2D eigenvalue weighted by Crippen LogP contribution is -2.42. The first kappa shape index (κ1) is 33.7. The zero-order valence-corrected chi connectivity index (χ0v) is 28.9. The van der Waals surface area contributed by atoms with E-state index in [1.165, 1.54) is 19.3 Å². The molecular formula is C37H43Cl3N2O4. The van der Waals surface area contributed by atoms with Gasteiger partial charge in [0.15, 0.2) is 6.29 Å². The molecule has 46 heavy (non-hydrogen) atoms. The minimum atomic E-state index is -2.01. The third-order valence-electron chi connectivity index (χ3n) is 9.71. The van der Waals surface area contributed by atoms with Gasteiger partial charge in [0.1, 0.15) is 0 Å². The van der Waals surface area contributed by atoms with Crippen LogP contribution in [0, 0.1) is 10.8 Å². The van der Waals surface area contributed by atoms with E-state index in [2.05, 4.69) is 61.3 Å². The molecule has 0 radical (unpaired) electrons. The molecule has 2 heterocycles. The molecule has 6 nitrogen and oxygen atoms in total. The maximum absolute atomic E-state index is 12.1. The van der Waals surface area contributed by atoms with Gasteiger partial charge in [-0.25, -0.2) is 0 Å². The van der Waals surface area contributed by atoms with Crippen LogP contribution < -0.4 is 5.32 Å². The summed E-state index contributed by atoms with van der Waals surface area (Å²) in [5.41, 5.74) is 6.50. The molecule has 5 unspecified atom stereocenters. The number of rotatable bonds is 8. The van der Waals surface area contributed by atoms with Crippen LogP contribution in [0.25, 0.3) is 11.1 Å². The highest BCUT2D eigenvalue weighted by Gasteiger charge is 2.50. The summed E-state index contributed by atoms with van der Waals surface area (Å²) in [6.07, 6.45) is 3.82. The second-order valence-corrected chi connectivity index (χ2v) is 16.8. The van der Waals surface area contributed by atoms with Crippen LogP contribution in [0.15, 0.2) is 72.8 Å². The van der Waals surface area contributed by atoms with Crippen molar-refractivity contribution in [3.63, 3.8) is 0 Å². The van der Waals surface area contributed by atoms with Crippen LogP contribution in [-0.4, -0.2) is 44.9 Å².